The minimum atomic E-state index is -3.70. The molecule has 0 fully saturated rings. The van der Waals surface area contributed by atoms with E-state index < -0.39 is 10.0 Å². The van der Waals surface area contributed by atoms with E-state index in [1.54, 1.807) is 12.3 Å². The molecule has 0 aliphatic heterocycles. The van der Waals surface area contributed by atoms with Crippen molar-refractivity contribution in [2.24, 2.45) is 0 Å². The molecule has 212 valence electrons. The standard InChI is InChI=1S/C36H35N3O2S/c40-42(41,26-23-31-11-5-2-6-12-31)39(29-36-13-7-8-24-38-36)28-33-16-20-35(21-17-33)34-18-14-32(15-19-34)27-37-25-22-30-9-3-1-4-10-30/h1-21,23-24,26,37H,22,25,27-29H2/b26-23+. The van der Waals surface area contributed by atoms with Gasteiger partial charge >= 0.3 is 0 Å². The van der Waals surface area contributed by atoms with Gasteiger partial charge < -0.3 is 5.32 Å². The molecule has 1 heterocycles. The molecule has 0 bridgehead atoms. The average molecular weight is 574 g/mol. The number of hydrogen-bond acceptors (Lipinski definition) is 4. The van der Waals surface area contributed by atoms with Gasteiger partial charge in [-0.15, -0.1) is 0 Å². The van der Waals surface area contributed by atoms with Crippen molar-refractivity contribution in [1.82, 2.24) is 14.6 Å². The second kappa shape index (κ2) is 14.5. The van der Waals surface area contributed by atoms with Gasteiger partial charge in [-0.25, -0.2) is 8.42 Å². The normalized spacial score (nSPS) is 11.7. The van der Waals surface area contributed by atoms with Gasteiger partial charge in [0.25, 0.3) is 0 Å². The van der Waals surface area contributed by atoms with E-state index >= 15 is 0 Å². The van der Waals surface area contributed by atoms with Crippen molar-refractivity contribution in [3.05, 3.63) is 167 Å². The van der Waals surface area contributed by atoms with Crippen molar-refractivity contribution in [2.75, 3.05) is 6.54 Å². The molecule has 0 aliphatic carbocycles. The second-order valence-corrected chi connectivity index (χ2v) is 12.0. The van der Waals surface area contributed by atoms with Gasteiger partial charge in [0.15, 0.2) is 0 Å². The van der Waals surface area contributed by atoms with Crippen molar-refractivity contribution >= 4 is 16.1 Å². The van der Waals surface area contributed by atoms with Gasteiger partial charge in [-0.05, 0) is 64.6 Å². The van der Waals surface area contributed by atoms with Crippen LogP contribution in [0.2, 0.25) is 0 Å². The van der Waals surface area contributed by atoms with Crippen molar-refractivity contribution in [3.8, 4) is 11.1 Å². The van der Waals surface area contributed by atoms with Crippen LogP contribution in [0.15, 0.2) is 139 Å². The first-order chi connectivity index (χ1) is 20.5. The summed E-state index contributed by atoms with van der Waals surface area (Å²) in [5.74, 6) is 0. The van der Waals surface area contributed by atoms with Gasteiger partial charge in [0, 0.05) is 24.7 Å². The fourth-order valence-electron chi connectivity index (χ4n) is 4.65. The van der Waals surface area contributed by atoms with Crippen LogP contribution in [0.5, 0.6) is 0 Å². The van der Waals surface area contributed by atoms with E-state index in [2.05, 4.69) is 58.8 Å². The first-order valence-corrected chi connectivity index (χ1v) is 15.6. The van der Waals surface area contributed by atoms with Crippen LogP contribution in [-0.2, 0) is 36.1 Å². The largest absolute Gasteiger partial charge is 0.312 e. The minimum Gasteiger partial charge on any atom is -0.312 e. The number of sulfonamides is 1. The lowest BCUT2D eigenvalue weighted by Gasteiger charge is -2.20. The predicted octanol–water partition coefficient (Wildman–Crippen LogP) is 7.08. The number of nitrogens with zero attached hydrogens (tertiary/aromatic N) is 2. The first-order valence-electron chi connectivity index (χ1n) is 14.1. The summed E-state index contributed by atoms with van der Waals surface area (Å²) in [5.41, 5.74) is 7.22. The molecular formula is C36H35N3O2S. The number of nitrogens with one attached hydrogen (secondary N) is 1. The Labute approximate surface area is 249 Å². The van der Waals surface area contributed by atoms with Crippen LogP contribution in [0.1, 0.15) is 27.9 Å². The van der Waals surface area contributed by atoms with Gasteiger partial charge in [-0.3, -0.25) is 4.98 Å². The smallest absolute Gasteiger partial charge is 0.236 e. The number of benzene rings is 4. The molecule has 0 spiro atoms. The molecule has 5 aromatic rings. The number of rotatable bonds is 13. The Morgan fingerprint density at radius 2 is 1.26 bits per heavy atom. The highest BCUT2D eigenvalue weighted by atomic mass is 32.2. The minimum absolute atomic E-state index is 0.185. The zero-order chi connectivity index (χ0) is 29.0. The Morgan fingerprint density at radius 3 is 1.90 bits per heavy atom. The summed E-state index contributed by atoms with van der Waals surface area (Å²) < 4.78 is 28.3. The third kappa shape index (κ3) is 8.57. The predicted molar refractivity (Wildman–Crippen MR) is 172 cm³/mol. The monoisotopic (exact) mass is 573 g/mol. The van der Waals surface area contributed by atoms with Crippen LogP contribution in [0.4, 0.5) is 0 Å². The van der Waals surface area contributed by atoms with Gasteiger partial charge in [-0.1, -0.05) is 115 Å². The molecule has 0 unspecified atom stereocenters. The van der Waals surface area contributed by atoms with Crippen molar-refractivity contribution in [2.45, 2.75) is 26.1 Å². The summed E-state index contributed by atoms with van der Waals surface area (Å²) in [4.78, 5) is 4.36. The van der Waals surface area contributed by atoms with E-state index in [4.69, 9.17) is 0 Å². The molecule has 0 amide bonds. The van der Waals surface area contributed by atoms with Gasteiger partial charge in [0.1, 0.15) is 0 Å². The Morgan fingerprint density at radius 1 is 0.643 bits per heavy atom. The second-order valence-electron chi connectivity index (χ2n) is 10.2. The van der Waals surface area contributed by atoms with Crippen LogP contribution in [0.3, 0.4) is 0 Å². The molecule has 4 aromatic carbocycles. The quantitative estimate of drug-likeness (QED) is 0.153. The van der Waals surface area contributed by atoms with Crippen LogP contribution in [0.25, 0.3) is 17.2 Å². The molecule has 0 saturated carbocycles. The van der Waals surface area contributed by atoms with E-state index in [-0.39, 0.29) is 13.1 Å². The third-order valence-electron chi connectivity index (χ3n) is 7.02. The van der Waals surface area contributed by atoms with Gasteiger partial charge in [0.2, 0.25) is 10.0 Å². The molecular weight excluding hydrogens is 538 g/mol. The molecule has 6 heteroatoms. The van der Waals surface area contributed by atoms with E-state index in [0.29, 0.717) is 5.69 Å². The lowest BCUT2D eigenvalue weighted by molar-refractivity contribution is 0.403. The molecule has 5 nitrogen and oxygen atoms in total. The molecule has 0 atom stereocenters. The molecule has 1 N–H and O–H groups in total. The van der Waals surface area contributed by atoms with E-state index in [1.165, 1.54) is 20.8 Å². The lowest BCUT2D eigenvalue weighted by Crippen LogP contribution is -2.28. The maximum absolute atomic E-state index is 13.4. The summed E-state index contributed by atoms with van der Waals surface area (Å²) in [7, 11) is -3.70. The number of aromatic nitrogens is 1. The van der Waals surface area contributed by atoms with E-state index in [0.717, 1.165) is 41.8 Å². The molecule has 42 heavy (non-hydrogen) atoms. The molecule has 0 aliphatic rings. The molecule has 1 aromatic heterocycles. The highest BCUT2D eigenvalue weighted by Crippen LogP contribution is 2.22. The van der Waals surface area contributed by atoms with Crippen LogP contribution < -0.4 is 5.32 Å². The number of pyridine rings is 1. The third-order valence-corrected chi connectivity index (χ3v) is 8.48. The zero-order valence-electron chi connectivity index (χ0n) is 23.5. The Kier molecular flexibility index (Phi) is 10.1. The lowest BCUT2D eigenvalue weighted by atomic mass is 10.0. The first kappa shape index (κ1) is 29.1. The summed E-state index contributed by atoms with van der Waals surface area (Å²) >= 11 is 0. The molecule has 0 saturated heterocycles. The summed E-state index contributed by atoms with van der Waals surface area (Å²) in [6.07, 6.45) is 4.32. The number of hydrogen-bond donors (Lipinski definition) is 1. The van der Waals surface area contributed by atoms with E-state index in [1.807, 2.05) is 78.9 Å². The topological polar surface area (TPSA) is 62.3 Å². The maximum Gasteiger partial charge on any atom is 0.236 e. The van der Waals surface area contributed by atoms with Crippen molar-refractivity contribution < 1.29 is 8.42 Å². The Balaban J connectivity index is 1.23. The highest BCUT2D eigenvalue weighted by Gasteiger charge is 2.21. The van der Waals surface area contributed by atoms with Gasteiger partial charge in [-0.2, -0.15) is 4.31 Å². The molecule has 0 radical (unpaired) electrons. The fourth-order valence-corrected chi connectivity index (χ4v) is 5.80. The summed E-state index contributed by atoms with van der Waals surface area (Å²) in [5, 5.41) is 4.80. The SMILES string of the molecule is O=S(=O)(/C=C/c1ccccc1)N(Cc1ccc(-c2ccc(CNCCc3ccccc3)cc2)cc1)Cc1ccccn1. The molecule has 5 rings (SSSR count). The van der Waals surface area contributed by atoms with Crippen LogP contribution >= 0.6 is 0 Å². The van der Waals surface area contributed by atoms with Crippen LogP contribution in [-0.4, -0.2) is 24.3 Å². The summed E-state index contributed by atoms with van der Waals surface area (Å²) in [6, 6.07) is 42.1. The summed E-state index contributed by atoms with van der Waals surface area (Å²) in [6.45, 7) is 2.19. The Bertz CT molecular complexity index is 1660. The van der Waals surface area contributed by atoms with Crippen molar-refractivity contribution in [3.63, 3.8) is 0 Å². The van der Waals surface area contributed by atoms with Gasteiger partial charge in [0.05, 0.1) is 12.2 Å². The maximum atomic E-state index is 13.4. The van der Waals surface area contributed by atoms with Crippen LogP contribution in [0, 0.1) is 0 Å². The van der Waals surface area contributed by atoms with Crippen molar-refractivity contribution in [1.29, 1.82) is 0 Å². The zero-order valence-corrected chi connectivity index (χ0v) is 24.3. The highest BCUT2D eigenvalue weighted by molar-refractivity contribution is 7.92. The fraction of sp³-hybridized carbons (Fsp3) is 0.139. The average Bonchev–Trinajstić information content (AvgIpc) is 3.04. The van der Waals surface area contributed by atoms with E-state index in [9.17, 15) is 8.42 Å². The Hall–Kier alpha value is -4.36.